The van der Waals surface area contributed by atoms with Crippen molar-refractivity contribution in [3.63, 3.8) is 0 Å². The summed E-state index contributed by atoms with van der Waals surface area (Å²) in [5.41, 5.74) is 1.44. The van der Waals surface area contributed by atoms with Gasteiger partial charge in [0.25, 0.3) is 0 Å². The third kappa shape index (κ3) is 2.28. The number of hydrogen-bond donors (Lipinski definition) is 0. The van der Waals surface area contributed by atoms with Gasteiger partial charge in [-0.25, -0.2) is 0 Å². The first-order valence-corrected chi connectivity index (χ1v) is 6.58. The second-order valence-electron chi connectivity index (χ2n) is 4.17. The molecule has 0 saturated carbocycles. The number of alkyl halides is 3. The quantitative estimate of drug-likeness (QED) is 0.785. The molecule has 0 bridgehead atoms. The Hall–Kier alpha value is -1.69. The minimum Gasteiger partial charge on any atom is -0.282 e. The third-order valence-electron chi connectivity index (χ3n) is 2.94. The zero-order valence-electron chi connectivity index (χ0n) is 9.74. The lowest BCUT2D eigenvalue weighted by Crippen LogP contribution is -2.14. The summed E-state index contributed by atoms with van der Waals surface area (Å²) in [6.07, 6.45) is -2.61. The number of hydrogen-bond acceptors (Lipinski definition) is 3. The van der Waals surface area contributed by atoms with E-state index in [1.807, 2.05) is 11.4 Å². The van der Waals surface area contributed by atoms with Gasteiger partial charge in [0.1, 0.15) is 0 Å². The molecule has 2 aromatic heterocycles. The van der Waals surface area contributed by atoms with E-state index in [4.69, 9.17) is 0 Å². The van der Waals surface area contributed by atoms with Crippen molar-refractivity contribution in [1.82, 2.24) is 4.98 Å². The summed E-state index contributed by atoms with van der Waals surface area (Å²) in [7, 11) is 0. The Kier molecular flexibility index (Phi) is 2.89. The molecular weight excluding hydrogens is 273 g/mol. The van der Waals surface area contributed by atoms with E-state index in [-0.39, 0.29) is 0 Å². The minimum atomic E-state index is -4.35. The Morgan fingerprint density at radius 1 is 1.16 bits per heavy atom. The smallest absolute Gasteiger partial charge is 0.282 e. The fourth-order valence-corrected chi connectivity index (χ4v) is 2.89. The summed E-state index contributed by atoms with van der Waals surface area (Å²) in [5, 5.41) is 1.97. The Morgan fingerprint density at radius 3 is 2.68 bits per heavy atom. The highest BCUT2D eigenvalue weighted by Crippen LogP contribution is 2.29. The van der Waals surface area contributed by atoms with Crippen LogP contribution < -0.4 is 0 Å². The van der Waals surface area contributed by atoms with Crippen molar-refractivity contribution in [3.05, 3.63) is 51.5 Å². The lowest BCUT2D eigenvalue weighted by atomic mass is 10.0. The maximum atomic E-state index is 12.5. The largest absolute Gasteiger partial charge is 0.417 e. The normalized spacial score (nSPS) is 15.0. The van der Waals surface area contributed by atoms with Gasteiger partial charge in [0.15, 0.2) is 0 Å². The van der Waals surface area contributed by atoms with Gasteiger partial charge in [-0.1, -0.05) is 0 Å². The van der Waals surface area contributed by atoms with Gasteiger partial charge in [0.2, 0.25) is 0 Å². The third-order valence-corrected chi connectivity index (χ3v) is 3.92. The molecule has 0 N–H and O–H groups in total. The highest BCUT2D eigenvalue weighted by atomic mass is 32.1. The number of aliphatic imine (C=N–C) groups is 1. The van der Waals surface area contributed by atoms with Crippen LogP contribution in [-0.2, 0) is 12.6 Å². The SMILES string of the molecule is FC(F)(F)c1ccc(C2=NCCc3sccc32)nc1. The van der Waals surface area contributed by atoms with E-state index >= 15 is 0 Å². The monoisotopic (exact) mass is 282 g/mol. The summed E-state index contributed by atoms with van der Waals surface area (Å²) in [5.74, 6) is 0. The molecule has 3 rings (SSSR count). The molecule has 0 saturated heterocycles. The number of thiophene rings is 1. The average molecular weight is 282 g/mol. The molecule has 2 aromatic rings. The molecule has 0 atom stereocenters. The number of rotatable bonds is 1. The van der Waals surface area contributed by atoms with Gasteiger partial charge in [-0.2, -0.15) is 13.2 Å². The average Bonchev–Trinajstić information content (AvgIpc) is 2.86. The fourth-order valence-electron chi connectivity index (χ4n) is 2.02. The van der Waals surface area contributed by atoms with E-state index in [0.717, 1.165) is 24.2 Å². The van der Waals surface area contributed by atoms with Gasteiger partial charge in [-0.05, 0) is 23.6 Å². The first-order valence-electron chi connectivity index (χ1n) is 5.70. The Morgan fingerprint density at radius 2 is 2.00 bits per heavy atom. The minimum absolute atomic E-state index is 0.493. The van der Waals surface area contributed by atoms with Crippen molar-refractivity contribution in [2.45, 2.75) is 12.6 Å². The van der Waals surface area contributed by atoms with Crippen molar-refractivity contribution in [2.75, 3.05) is 6.54 Å². The zero-order chi connectivity index (χ0) is 13.5. The van der Waals surface area contributed by atoms with Crippen LogP contribution in [0.15, 0.2) is 34.8 Å². The van der Waals surface area contributed by atoms with Gasteiger partial charge in [0, 0.05) is 29.6 Å². The van der Waals surface area contributed by atoms with Crippen molar-refractivity contribution < 1.29 is 13.2 Å². The van der Waals surface area contributed by atoms with E-state index in [2.05, 4.69) is 9.98 Å². The number of nitrogens with zero attached hydrogens (tertiary/aromatic N) is 2. The molecule has 3 heterocycles. The predicted molar refractivity (Wildman–Crippen MR) is 67.8 cm³/mol. The summed E-state index contributed by atoms with van der Waals surface area (Å²) in [6.45, 7) is 0.658. The molecule has 6 heteroatoms. The van der Waals surface area contributed by atoms with Crippen molar-refractivity contribution in [1.29, 1.82) is 0 Å². The molecule has 0 unspecified atom stereocenters. The molecule has 0 fully saturated rings. The first-order chi connectivity index (χ1) is 9.05. The molecule has 0 aromatic carbocycles. The van der Waals surface area contributed by atoms with Crippen LogP contribution in [0.5, 0.6) is 0 Å². The zero-order valence-corrected chi connectivity index (χ0v) is 10.6. The molecule has 1 aliphatic rings. The van der Waals surface area contributed by atoms with Crippen LogP contribution in [0.25, 0.3) is 0 Å². The van der Waals surface area contributed by atoms with Crippen LogP contribution in [0.3, 0.4) is 0 Å². The van der Waals surface area contributed by atoms with Crippen LogP contribution >= 0.6 is 11.3 Å². The van der Waals surface area contributed by atoms with Crippen LogP contribution in [0.1, 0.15) is 21.7 Å². The second kappa shape index (κ2) is 4.45. The van der Waals surface area contributed by atoms with Gasteiger partial charge in [-0.3, -0.25) is 9.98 Å². The van der Waals surface area contributed by atoms with Crippen LogP contribution in [-0.4, -0.2) is 17.2 Å². The highest BCUT2D eigenvalue weighted by Gasteiger charge is 2.31. The molecule has 0 amide bonds. The van der Waals surface area contributed by atoms with E-state index in [0.29, 0.717) is 18.0 Å². The Labute approximate surface area is 111 Å². The molecular formula is C13H9F3N2S. The van der Waals surface area contributed by atoms with Crippen molar-refractivity contribution in [3.8, 4) is 0 Å². The molecule has 2 nitrogen and oxygen atoms in total. The van der Waals surface area contributed by atoms with E-state index < -0.39 is 11.7 Å². The number of aromatic nitrogens is 1. The molecule has 0 radical (unpaired) electrons. The summed E-state index contributed by atoms with van der Waals surface area (Å²) < 4.78 is 37.4. The number of fused-ring (bicyclic) bond motifs is 1. The van der Waals surface area contributed by atoms with Crippen molar-refractivity contribution in [2.24, 2.45) is 4.99 Å². The van der Waals surface area contributed by atoms with Crippen LogP contribution in [0.4, 0.5) is 13.2 Å². The summed E-state index contributed by atoms with van der Waals surface area (Å²) in [6, 6.07) is 4.37. The van der Waals surface area contributed by atoms with E-state index in [9.17, 15) is 13.2 Å². The Balaban J connectivity index is 1.98. The highest BCUT2D eigenvalue weighted by molar-refractivity contribution is 7.10. The van der Waals surface area contributed by atoms with E-state index in [1.165, 1.54) is 10.9 Å². The lowest BCUT2D eigenvalue weighted by molar-refractivity contribution is -0.137. The summed E-state index contributed by atoms with van der Waals surface area (Å²) in [4.78, 5) is 9.50. The van der Waals surface area contributed by atoms with Gasteiger partial charge in [-0.15, -0.1) is 11.3 Å². The standard InChI is InChI=1S/C13H9F3N2S/c14-13(15,16)8-1-2-10(18-7-8)12-9-4-6-19-11(9)3-5-17-12/h1-2,4,6-7H,3,5H2. The maximum absolute atomic E-state index is 12.5. The van der Waals surface area contributed by atoms with E-state index in [1.54, 1.807) is 11.3 Å². The molecule has 0 spiro atoms. The van der Waals surface area contributed by atoms with Crippen LogP contribution in [0, 0.1) is 0 Å². The molecule has 1 aliphatic heterocycles. The topological polar surface area (TPSA) is 25.2 Å². The van der Waals surface area contributed by atoms with Gasteiger partial charge < -0.3 is 0 Å². The van der Waals surface area contributed by atoms with Gasteiger partial charge in [0.05, 0.1) is 17.0 Å². The van der Waals surface area contributed by atoms with Crippen LogP contribution in [0.2, 0.25) is 0 Å². The molecule has 0 aliphatic carbocycles. The molecule has 19 heavy (non-hydrogen) atoms. The second-order valence-corrected chi connectivity index (χ2v) is 5.17. The fraction of sp³-hybridized carbons (Fsp3) is 0.231. The summed E-state index contributed by atoms with van der Waals surface area (Å²) >= 11 is 1.64. The Bertz CT molecular complexity index is 626. The molecule has 98 valence electrons. The predicted octanol–water partition coefficient (Wildman–Crippen LogP) is 3.56. The number of pyridine rings is 1. The first kappa shape index (κ1) is 12.3. The van der Waals surface area contributed by atoms with Gasteiger partial charge >= 0.3 is 6.18 Å². The number of halogens is 3. The lowest BCUT2D eigenvalue weighted by Gasteiger charge is -2.13. The maximum Gasteiger partial charge on any atom is 0.417 e. The van der Waals surface area contributed by atoms with Crippen molar-refractivity contribution >= 4 is 17.0 Å².